The molecule has 0 spiro atoms. The van der Waals surface area contributed by atoms with E-state index >= 15 is 0 Å². The number of benzene rings is 3. The predicted octanol–water partition coefficient (Wildman–Crippen LogP) is 5.84. The smallest absolute Gasteiger partial charge is 0.271 e. The van der Waals surface area contributed by atoms with Crippen LogP contribution in [0.2, 0.25) is 5.02 Å². The van der Waals surface area contributed by atoms with Gasteiger partial charge in [0, 0.05) is 15.1 Å². The maximum absolute atomic E-state index is 12.1. The van der Waals surface area contributed by atoms with Gasteiger partial charge in [0.05, 0.1) is 5.71 Å². The molecule has 0 aliphatic rings. The van der Waals surface area contributed by atoms with Crippen molar-refractivity contribution in [2.24, 2.45) is 5.10 Å². The third-order valence-electron chi connectivity index (χ3n) is 4.02. The summed E-state index contributed by atoms with van der Waals surface area (Å²) < 4.78 is 6.69. The average molecular weight is 458 g/mol. The van der Waals surface area contributed by atoms with Gasteiger partial charge in [-0.2, -0.15) is 5.10 Å². The SMILES string of the molecule is CC(=NNC(=O)c1ccc(Br)cc1)c1ccc(OCc2ccc(Cl)cc2)cc1. The van der Waals surface area contributed by atoms with Gasteiger partial charge in [-0.3, -0.25) is 4.79 Å². The van der Waals surface area contributed by atoms with Crippen LogP contribution in [-0.4, -0.2) is 11.6 Å². The van der Waals surface area contributed by atoms with Crippen molar-refractivity contribution in [3.8, 4) is 5.75 Å². The number of nitrogens with one attached hydrogen (secondary N) is 1. The molecule has 0 bridgehead atoms. The molecule has 4 nitrogen and oxygen atoms in total. The highest BCUT2D eigenvalue weighted by atomic mass is 79.9. The lowest BCUT2D eigenvalue weighted by atomic mass is 10.1. The van der Waals surface area contributed by atoms with Crippen LogP contribution in [0.5, 0.6) is 5.75 Å². The van der Waals surface area contributed by atoms with Crippen LogP contribution in [0, 0.1) is 0 Å². The molecule has 3 aromatic carbocycles. The number of carbonyl (C=O) groups is 1. The minimum absolute atomic E-state index is 0.255. The van der Waals surface area contributed by atoms with Gasteiger partial charge in [-0.15, -0.1) is 0 Å². The van der Waals surface area contributed by atoms with Crippen molar-refractivity contribution in [1.82, 2.24) is 5.43 Å². The van der Waals surface area contributed by atoms with E-state index in [9.17, 15) is 4.79 Å². The second-order valence-electron chi connectivity index (χ2n) is 6.08. The first-order valence-electron chi connectivity index (χ1n) is 8.59. The zero-order valence-corrected chi connectivity index (χ0v) is 17.5. The number of amides is 1. The standard InChI is InChI=1S/C22H18BrClN2O2/c1-15(25-26-22(27)18-4-8-19(23)9-5-18)17-6-12-21(13-7-17)28-14-16-2-10-20(24)11-3-16/h2-13H,14H2,1H3,(H,26,27). The van der Waals surface area contributed by atoms with Crippen molar-refractivity contribution in [3.63, 3.8) is 0 Å². The Kier molecular flexibility index (Phi) is 6.85. The Morgan fingerprint density at radius 3 is 2.21 bits per heavy atom. The number of hydrogen-bond donors (Lipinski definition) is 1. The van der Waals surface area contributed by atoms with Gasteiger partial charge in [0.25, 0.3) is 5.91 Å². The quantitative estimate of drug-likeness (QED) is 0.374. The monoisotopic (exact) mass is 456 g/mol. The Morgan fingerprint density at radius 1 is 0.964 bits per heavy atom. The summed E-state index contributed by atoms with van der Waals surface area (Å²) in [5, 5.41) is 4.88. The molecule has 3 aromatic rings. The Balaban J connectivity index is 1.57. The van der Waals surface area contributed by atoms with Crippen LogP contribution in [0.15, 0.2) is 82.4 Å². The average Bonchev–Trinajstić information content (AvgIpc) is 2.72. The number of ether oxygens (including phenoxy) is 1. The second kappa shape index (κ2) is 9.53. The Labute approximate surface area is 177 Å². The van der Waals surface area contributed by atoms with E-state index in [2.05, 4.69) is 26.5 Å². The number of rotatable bonds is 6. The molecule has 0 radical (unpaired) electrons. The molecule has 0 aromatic heterocycles. The lowest BCUT2D eigenvalue weighted by molar-refractivity contribution is 0.0955. The van der Waals surface area contributed by atoms with Crippen LogP contribution >= 0.6 is 27.5 Å². The molecule has 1 amide bonds. The van der Waals surface area contributed by atoms with E-state index in [4.69, 9.17) is 16.3 Å². The van der Waals surface area contributed by atoms with Gasteiger partial charge in [-0.1, -0.05) is 39.7 Å². The number of nitrogens with zero attached hydrogens (tertiary/aromatic N) is 1. The van der Waals surface area contributed by atoms with Crippen molar-refractivity contribution < 1.29 is 9.53 Å². The van der Waals surface area contributed by atoms with Crippen molar-refractivity contribution in [3.05, 3.63) is 99.0 Å². The second-order valence-corrected chi connectivity index (χ2v) is 7.44. The maximum Gasteiger partial charge on any atom is 0.271 e. The topological polar surface area (TPSA) is 50.7 Å². The van der Waals surface area contributed by atoms with E-state index < -0.39 is 0 Å². The fourth-order valence-electron chi connectivity index (χ4n) is 2.40. The minimum atomic E-state index is -0.255. The molecule has 1 N–H and O–H groups in total. The zero-order valence-electron chi connectivity index (χ0n) is 15.2. The number of carbonyl (C=O) groups excluding carboxylic acids is 1. The summed E-state index contributed by atoms with van der Waals surface area (Å²) in [4.78, 5) is 12.1. The van der Waals surface area contributed by atoms with E-state index in [1.807, 2.05) is 67.6 Å². The first-order chi connectivity index (χ1) is 13.5. The number of halogens is 2. The lowest BCUT2D eigenvalue weighted by Gasteiger charge is -2.08. The summed E-state index contributed by atoms with van der Waals surface area (Å²) >= 11 is 9.23. The number of hydrazone groups is 1. The fourth-order valence-corrected chi connectivity index (χ4v) is 2.79. The van der Waals surface area contributed by atoms with Crippen LogP contribution in [0.4, 0.5) is 0 Å². The van der Waals surface area contributed by atoms with E-state index in [0.29, 0.717) is 22.9 Å². The third kappa shape index (κ3) is 5.68. The molecule has 0 fully saturated rings. The van der Waals surface area contributed by atoms with E-state index in [1.54, 1.807) is 12.1 Å². The van der Waals surface area contributed by atoms with Crippen LogP contribution in [0.3, 0.4) is 0 Å². The Bertz CT molecular complexity index is 969. The minimum Gasteiger partial charge on any atom is -0.489 e. The van der Waals surface area contributed by atoms with Gasteiger partial charge in [0.2, 0.25) is 0 Å². The molecule has 3 rings (SSSR count). The lowest BCUT2D eigenvalue weighted by Crippen LogP contribution is -2.19. The first kappa shape index (κ1) is 20.1. The molecule has 28 heavy (non-hydrogen) atoms. The molecular formula is C22H18BrClN2O2. The van der Waals surface area contributed by atoms with Gasteiger partial charge >= 0.3 is 0 Å². The molecule has 6 heteroatoms. The summed E-state index contributed by atoms with van der Waals surface area (Å²) in [5.41, 5.74) is 5.77. The van der Waals surface area contributed by atoms with E-state index in [-0.39, 0.29) is 5.91 Å². The fraction of sp³-hybridized carbons (Fsp3) is 0.0909. The molecule has 142 valence electrons. The highest BCUT2D eigenvalue weighted by Crippen LogP contribution is 2.16. The largest absolute Gasteiger partial charge is 0.489 e. The highest BCUT2D eigenvalue weighted by molar-refractivity contribution is 9.10. The van der Waals surface area contributed by atoms with Gasteiger partial charge in [-0.25, -0.2) is 5.43 Å². The highest BCUT2D eigenvalue weighted by Gasteiger charge is 2.05. The van der Waals surface area contributed by atoms with Crippen LogP contribution in [0.1, 0.15) is 28.4 Å². The molecule has 0 aliphatic carbocycles. The van der Waals surface area contributed by atoms with Crippen molar-refractivity contribution in [1.29, 1.82) is 0 Å². The third-order valence-corrected chi connectivity index (χ3v) is 4.80. The van der Waals surface area contributed by atoms with Crippen LogP contribution < -0.4 is 10.2 Å². The first-order valence-corrected chi connectivity index (χ1v) is 9.76. The number of hydrogen-bond acceptors (Lipinski definition) is 3. The van der Waals surface area contributed by atoms with Gasteiger partial charge in [-0.05, 0) is 78.7 Å². The molecular weight excluding hydrogens is 440 g/mol. The Morgan fingerprint density at radius 2 is 1.57 bits per heavy atom. The van der Waals surface area contributed by atoms with Gasteiger partial charge in [0.15, 0.2) is 0 Å². The molecule has 0 unspecified atom stereocenters. The van der Waals surface area contributed by atoms with Gasteiger partial charge in [0.1, 0.15) is 12.4 Å². The Hall–Kier alpha value is -2.63. The summed E-state index contributed by atoms with van der Waals surface area (Å²) in [7, 11) is 0. The normalized spacial score (nSPS) is 11.2. The predicted molar refractivity (Wildman–Crippen MR) is 116 cm³/mol. The molecule has 0 atom stereocenters. The summed E-state index contributed by atoms with van der Waals surface area (Å²) in [6, 6.07) is 22.2. The molecule has 0 heterocycles. The molecule has 0 aliphatic heterocycles. The van der Waals surface area contributed by atoms with Crippen LogP contribution in [0.25, 0.3) is 0 Å². The van der Waals surface area contributed by atoms with Crippen molar-refractivity contribution in [2.45, 2.75) is 13.5 Å². The maximum atomic E-state index is 12.1. The molecule has 0 saturated carbocycles. The summed E-state index contributed by atoms with van der Waals surface area (Å²) in [5.74, 6) is 0.500. The van der Waals surface area contributed by atoms with E-state index in [0.717, 1.165) is 21.3 Å². The van der Waals surface area contributed by atoms with Crippen molar-refractivity contribution >= 4 is 39.1 Å². The van der Waals surface area contributed by atoms with E-state index in [1.165, 1.54) is 0 Å². The van der Waals surface area contributed by atoms with Crippen molar-refractivity contribution in [2.75, 3.05) is 0 Å². The molecule has 0 saturated heterocycles. The zero-order chi connectivity index (χ0) is 19.9. The summed E-state index contributed by atoms with van der Waals surface area (Å²) in [6.07, 6.45) is 0. The van der Waals surface area contributed by atoms with Crippen LogP contribution in [-0.2, 0) is 6.61 Å². The summed E-state index contributed by atoms with van der Waals surface area (Å²) in [6.45, 7) is 2.30. The van der Waals surface area contributed by atoms with Gasteiger partial charge < -0.3 is 4.74 Å².